The van der Waals surface area contributed by atoms with Crippen molar-refractivity contribution in [2.45, 2.75) is 25.2 Å². The molecule has 1 aromatic rings. The van der Waals surface area contributed by atoms with Crippen molar-refractivity contribution < 1.29 is 0 Å². The Morgan fingerprint density at radius 3 is 2.95 bits per heavy atom. The molecule has 19 heavy (non-hydrogen) atoms. The van der Waals surface area contributed by atoms with Gasteiger partial charge in [0.05, 0.1) is 18.2 Å². The second-order valence-corrected chi connectivity index (χ2v) is 5.25. The molecule has 2 heterocycles. The van der Waals surface area contributed by atoms with Crippen molar-refractivity contribution in [2.24, 2.45) is 0 Å². The number of rotatable bonds is 4. The molecule has 1 fully saturated rings. The lowest BCUT2D eigenvalue weighted by Crippen LogP contribution is -2.31. The Kier molecular flexibility index (Phi) is 4.69. The molecule has 1 aliphatic rings. The first kappa shape index (κ1) is 13.8. The van der Waals surface area contributed by atoms with Gasteiger partial charge in [-0.05, 0) is 38.6 Å². The van der Waals surface area contributed by atoms with E-state index < -0.39 is 0 Å². The maximum Gasteiger partial charge on any atom is 0.151 e. The number of hydrogen-bond donors (Lipinski definition) is 0. The van der Waals surface area contributed by atoms with Crippen LogP contribution in [-0.4, -0.2) is 48.8 Å². The van der Waals surface area contributed by atoms with E-state index in [1.807, 2.05) is 18.0 Å². The number of nitriles is 1. The van der Waals surface area contributed by atoms with E-state index in [0.717, 1.165) is 18.1 Å². The highest BCUT2D eigenvalue weighted by atomic mass is 15.2. The smallest absolute Gasteiger partial charge is 0.151 e. The average molecular weight is 259 g/mol. The van der Waals surface area contributed by atoms with Crippen molar-refractivity contribution >= 4 is 5.82 Å². The molecule has 2 rings (SSSR count). The third-order valence-electron chi connectivity index (χ3n) is 3.66. The summed E-state index contributed by atoms with van der Waals surface area (Å²) in [5.74, 6) is 1.34. The Hall–Kier alpha value is -1.67. The molecular formula is C14H21N5. The lowest BCUT2D eigenvalue weighted by molar-refractivity contribution is 0.248. The largest absolute Gasteiger partial charge is 0.357 e. The van der Waals surface area contributed by atoms with Crippen LogP contribution in [0.15, 0.2) is 12.1 Å². The number of likely N-dealkylation sites (tertiary alicyclic amines) is 1. The van der Waals surface area contributed by atoms with E-state index in [9.17, 15) is 0 Å². The van der Waals surface area contributed by atoms with Crippen molar-refractivity contribution in [3.05, 3.63) is 17.8 Å². The molecule has 1 atom stereocenters. The van der Waals surface area contributed by atoms with Crippen molar-refractivity contribution in [3.63, 3.8) is 0 Å². The van der Waals surface area contributed by atoms with Crippen molar-refractivity contribution in [1.82, 2.24) is 15.1 Å². The monoisotopic (exact) mass is 259 g/mol. The molecule has 0 radical (unpaired) electrons. The van der Waals surface area contributed by atoms with Crippen LogP contribution in [0.3, 0.4) is 0 Å². The first-order valence-corrected chi connectivity index (χ1v) is 6.81. The van der Waals surface area contributed by atoms with E-state index in [1.165, 1.54) is 19.4 Å². The number of anilines is 1. The van der Waals surface area contributed by atoms with Crippen LogP contribution >= 0.6 is 0 Å². The summed E-state index contributed by atoms with van der Waals surface area (Å²) >= 11 is 0. The van der Waals surface area contributed by atoms with Gasteiger partial charge in [-0.25, -0.2) is 0 Å². The van der Waals surface area contributed by atoms with Gasteiger partial charge in [-0.3, -0.25) is 0 Å². The fourth-order valence-electron chi connectivity index (χ4n) is 2.50. The minimum atomic E-state index is 0.504. The number of piperidine rings is 1. The van der Waals surface area contributed by atoms with Gasteiger partial charge in [0.15, 0.2) is 5.82 Å². The Labute approximate surface area is 114 Å². The van der Waals surface area contributed by atoms with E-state index in [1.54, 1.807) is 0 Å². The molecule has 1 saturated heterocycles. The first-order valence-electron chi connectivity index (χ1n) is 6.81. The molecule has 1 aliphatic heterocycles. The van der Waals surface area contributed by atoms with Crippen molar-refractivity contribution in [2.75, 3.05) is 38.6 Å². The highest BCUT2D eigenvalue weighted by Gasteiger charge is 2.20. The Bertz CT molecular complexity index is 436. The highest BCUT2D eigenvalue weighted by molar-refractivity contribution is 5.36. The van der Waals surface area contributed by atoms with Crippen LogP contribution in [0.25, 0.3) is 0 Å². The summed E-state index contributed by atoms with van der Waals surface area (Å²) in [6, 6.07) is 6.23. The summed E-state index contributed by atoms with van der Waals surface area (Å²) in [6.45, 7) is 2.94. The van der Waals surface area contributed by atoms with Gasteiger partial charge < -0.3 is 9.80 Å². The lowest BCUT2D eigenvalue weighted by Gasteiger charge is -2.29. The van der Waals surface area contributed by atoms with Gasteiger partial charge >= 0.3 is 0 Å². The predicted molar refractivity (Wildman–Crippen MR) is 75.0 cm³/mol. The Morgan fingerprint density at radius 1 is 1.47 bits per heavy atom. The minimum absolute atomic E-state index is 0.504. The van der Waals surface area contributed by atoms with Gasteiger partial charge in [0.25, 0.3) is 0 Å². The molecule has 5 heteroatoms. The maximum absolute atomic E-state index is 8.58. The van der Waals surface area contributed by atoms with E-state index in [-0.39, 0.29) is 0 Å². The second kappa shape index (κ2) is 6.48. The standard InChI is InChI=1S/C14H21N5/c1-18-9-3-5-12(11-18)13-6-7-14(17-16-13)19(2)10-4-8-15/h6-7,12H,3-5,9-11H2,1-2H3. The number of hydrogen-bond acceptors (Lipinski definition) is 5. The fourth-order valence-corrected chi connectivity index (χ4v) is 2.50. The van der Waals surface area contributed by atoms with Crippen molar-refractivity contribution in [1.29, 1.82) is 5.26 Å². The lowest BCUT2D eigenvalue weighted by atomic mass is 9.95. The van der Waals surface area contributed by atoms with Gasteiger partial charge in [-0.2, -0.15) is 10.4 Å². The number of likely N-dealkylation sites (N-methyl/N-ethyl adjacent to an activating group) is 1. The molecule has 0 amide bonds. The first-order chi connectivity index (χ1) is 9.20. The Balaban J connectivity index is 1.99. The van der Waals surface area contributed by atoms with Crippen LogP contribution in [0, 0.1) is 11.3 Å². The van der Waals surface area contributed by atoms with Crippen LogP contribution in [0.5, 0.6) is 0 Å². The average Bonchev–Trinajstić information content (AvgIpc) is 2.45. The SMILES string of the molecule is CN1CCCC(c2ccc(N(C)CCC#N)nn2)C1. The quantitative estimate of drug-likeness (QED) is 0.822. The highest BCUT2D eigenvalue weighted by Crippen LogP contribution is 2.24. The molecule has 1 unspecified atom stereocenters. The van der Waals surface area contributed by atoms with E-state index >= 15 is 0 Å². The topological polar surface area (TPSA) is 56.0 Å². The van der Waals surface area contributed by atoms with Crippen LogP contribution in [0.2, 0.25) is 0 Å². The molecule has 0 saturated carbocycles. The van der Waals surface area contributed by atoms with Crippen LogP contribution in [0.1, 0.15) is 30.9 Å². The minimum Gasteiger partial charge on any atom is -0.357 e. The molecule has 0 N–H and O–H groups in total. The van der Waals surface area contributed by atoms with Gasteiger partial charge in [-0.1, -0.05) is 0 Å². The normalized spacial score (nSPS) is 19.9. The number of nitrogens with zero attached hydrogens (tertiary/aromatic N) is 5. The second-order valence-electron chi connectivity index (χ2n) is 5.25. The molecule has 1 aromatic heterocycles. The summed E-state index contributed by atoms with van der Waals surface area (Å²) in [7, 11) is 4.10. The zero-order valence-corrected chi connectivity index (χ0v) is 11.7. The zero-order chi connectivity index (χ0) is 13.7. The molecule has 5 nitrogen and oxygen atoms in total. The summed E-state index contributed by atoms with van der Waals surface area (Å²) in [5, 5.41) is 17.2. The fraction of sp³-hybridized carbons (Fsp3) is 0.643. The summed E-state index contributed by atoms with van der Waals surface area (Å²) in [5.41, 5.74) is 1.09. The van der Waals surface area contributed by atoms with Crippen LogP contribution in [0.4, 0.5) is 5.82 Å². The summed E-state index contributed by atoms with van der Waals surface area (Å²) in [4.78, 5) is 4.32. The zero-order valence-electron chi connectivity index (χ0n) is 11.7. The molecule has 0 aromatic carbocycles. The molecule has 102 valence electrons. The van der Waals surface area contributed by atoms with E-state index in [0.29, 0.717) is 18.9 Å². The maximum atomic E-state index is 8.58. The Morgan fingerprint density at radius 2 is 2.32 bits per heavy atom. The van der Waals surface area contributed by atoms with E-state index in [4.69, 9.17) is 5.26 Å². The molecular weight excluding hydrogens is 238 g/mol. The van der Waals surface area contributed by atoms with Crippen LogP contribution in [-0.2, 0) is 0 Å². The van der Waals surface area contributed by atoms with Gasteiger partial charge in [0, 0.05) is 26.1 Å². The van der Waals surface area contributed by atoms with Gasteiger partial charge in [0.1, 0.15) is 0 Å². The van der Waals surface area contributed by atoms with E-state index in [2.05, 4.69) is 34.3 Å². The van der Waals surface area contributed by atoms with Crippen LogP contribution < -0.4 is 4.90 Å². The third-order valence-corrected chi connectivity index (χ3v) is 3.66. The van der Waals surface area contributed by atoms with Crippen molar-refractivity contribution in [3.8, 4) is 6.07 Å². The molecule has 0 bridgehead atoms. The summed E-state index contributed by atoms with van der Waals surface area (Å²) in [6.07, 6.45) is 2.93. The molecule has 0 aliphatic carbocycles. The predicted octanol–water partition coefficient (Wildman–Crippen LogP) is 1.64. The summed E-state index contributed by atoms with van der Waals surface area (Å²) < 4.78 is 0. The van der Waals surface area contributed by atoms with Gasteiger partial charge in [0.2, 0.25) is 0 Å². The number of aromatic nitrogens is 2. The van der Waals surface area contributed by atoms with Gasteiger partial charge in [-0.15, -0.1) is 5.10 Å². The molecule has 0 spiro atoms. The third kappa shape index (κ3) is 3.65.